The summed E-state index contributed by atoms with van der Waals surface area (Å²) in [4.78, 5) is 4.34. The summed E-state index contributed by atoms with van der Waals surface area (Å²) in [6.45, 7) is 0. The third kappa shape index (κ3) is 1.52. The van der Waals surface area contributed by atoms with Crippen LogP contribution in [0.1, 0.15) is 0 Å². The molecule has 0 aliphatic carbocycles. The molecule has 3 aromatic rings. The number of nitrogens with zero attached hydrogens (tertiary/aromatic N) is 2. The molecule has 0 unspecified atom stereocenters. The number of pyridine rings is 1. The normalized spacial score (nSPS) is 10.5. The molecule has 3 heteroatoms. The van der Waals surface area contributed by atoms with Crippen LogP contribution < -0.4 is 5.32 Å². The van der Waals surface area contributed by atoms with Crippen LogP contribution in [0.4, 0.5) is 11.6 Å². The SMILES string of the molecule is c1ccc(Nc2ncc3ccccn23)cc1. The van der Waals surface area contributed by atoms with E-state index in [1.165, 1.54) is 0 Å². The fourth-order valence-corrected chi connectivity index (χ4v) is 1.69. The van der Waals surface area contributed by atoms with Crippen molar-refractivity contribution in [3.8, 4) is 0 Å². The second-order valence-corrected chi connectivity index (χ2v) is 3.57. The van der Waals surface area contributed by atoms with Crippen LogP contribution in [0.5, 0.6) is 0 Å². The van der Waals surface area contributed by atoms with E-state index < -0.39 is 0 Å². The summed E-state index contributed by atoms with van der Waals surface area (Å²) >= 11 is 0. The number of nitrogens with one attached hydrogen (secondary N) is 1. The lowest BCUT2D eigenvalue weighted by atomic mass is 10.3. The summed E-state index contributed by atoms with van der Waals surface area (Å²) in [5, 5.41) is 3.28. The van der Waals surface area contributed by atoms with Gasteiger partial charge in [-0.05, 0) is 24.3 Å². The minimum absolute atomic E-state index is 0.835. The zero-order chi connectivity index (χ0) is 10.8. The van der Waals surface area contributed by atoms with Crippen molar-refractivity contribution in [2.45, 2.75) is 0 Å². The van der Waals surface area contributed by atoms with Crippen LogP contribution in [-0.2, 0) is 0 Å². The van der Waals surface area contributed by atoms with Gasteiger partial charge in [0.25, 0.3) is 0 Å². The number of anilines is 2. The number of aromatic nitrogens is 2. The summed E-state index contributed by atoms with van der Waals surface area (Å²) < 4.78 is 2.02. The molecule has 0 amide bonds. The fourth-order valence-electron chi connectivity index (χ4n) is 1.69. The van der Waals surface area contributed by atoms with Crippen molar-refractivity contribution in [1.82, 2.24) is 9.38 Å². The molecule has 2 heterocycles. The van der Waals surface area contributed by atoms with Crippen LogP contribution in [0, 0.1) is 0 Å². The van der Waals surface area contributed by atoms with Gasteiger partial charge in [0.15, 0.2) is 0 Å². The molecule has 1 N–H and O–H groups in total. The minimum Gasteiger partial charge on any atom is -0.325 e. The van der Waals surface area contributed by atoms with Gasteiger partial charge in [-0.15, -0.1) is 0 Å². The Hall–Kier alpha value is -2.29. The molecular formula is C13H11N3. The Balaban J connectivity index is 2.01. The zero-order valence-electron chi connectivity index (χ0n) is 8.67. The number of hydrogen-bond donors (Lipinski definition) is 1. The standard InChI is InChI=1S/C13H11N3/c1-2-6-11(7-3-1)15-13-14-10-12-8-4-5-9-16(12)13/h1-10H,(H,14,15). The van der Waals surface area contributed by atoms with Crippen LogP contribution in [-0.4, -0.2) is 9.38 Å². The molecule has 0 saturated carbocycles. The second kappa shape index (κ2) is 3.70. The Bertz CT molecular complexity index is 599. The van der Waals surface area contributed by atoms with Crippen LogP contribution >= 0.6 is 0 Å². The first-order chi connectivity index (χ1) is 7.93. The van der Waals surface area contributed by atoms with E-state index in [4.69, 9.17) is 0 Å². The van der Waals surface area contributed by atoms with E-state index in [2.05, 4.69) is 10.3 Å². The van der Waals surface area contributed by atoms with Crippen molar-refractivity contribution in [3.63, 3.8) is 0 Å². The second-order valence-electron chi connectivity index (χ2n) is 3.57. The molecular weight excluding hydrogens is 198 g/mol. The van der Waals surface area contributed by atoms with Crippen molar-refractivity contribution in [1.29, 1.82) is 0 Å². The topological polar surface area (TPSA) is 29.3 Å². The van der Waals surface area contributed by atoms with Gasteiger partial charge >= 0.3 is 0 Å². The molecule has 1 aromatic carbocycles. The maximum Gasteiger partial charge on any atom is 0.212 e. The molecule has 0 atom stereocenters. The average molecular weight is 209 g/mol. The highest BCUT2D eigenvalue weighted by atomic mass is 15.2. The predicted octanol–water partition coefficient (Wildman–Crippen LogP) is 3.08. The number of benzene rings is 1. The van der Waals surface area contributed by atoms with Gasteiger partial charge in [-0.25, -0.2) is 4.98 Å². The molecule has 2 aromatic heterocycles. The summed E-state index contributed by atoms with van der Waals surface area (Å²) in [5.74, 6) is 0.835. The Labute approximate surface area is 93.4 Å². The smallest absolute Gasteiger partial charge is 0.212 e. The first-order valence-electron chi connectivity index (χ1n) is 5.18. The van der Waals surface area contributed by atoms with E-state index in [-0.39, 0.29) is 0 Å². The van der Waals surface area contributed by atoms with Gasteiger partial charge < -0.3 is 5.32 Å². The van der Waals surface area contributed by atoms with E-state index in [9.17, 15) is 0 Å². The molecule has 0 bridgehead atoms. The molecule has 0 saturated heterocycles. The van der Waals surface area contributed by atoms with E-state index in [0.717, 1.165) is 17.2 Å². The summed E-state index contributed by atoms with van der Waals surface area (Å²) in [6.07, 6.45) is 3.85. The fraction of sp³-hybridized carbons (Fsp3) is 0. The summed E-state index contributed by atoms with van der Waals surface area (Å²) in [5.41, 5.74) is 2.12. The first-order valence-corrected chi connectivity index (χ1v) is 5.18. The minimum atomic E-state index is 0.835. The number of rotatable bonds is 2. The van der Waals surface area contributed by atoms with Gasteiger partial charge in [0.05, 0.1) is 11.7 Å². The van der Waals surface area contributed by atoms with E-state index in [1.54, 1.807) is 0 Å². The Morgan fingerprint density at radius 1 is 0.938 bits per heavy atom. The monoisotopic (exact) mass is 209 g/mol. The Morgan fingerprint density at radius 2 is 1.75 bits per heavy atom. The highest BCUT2D eigenvalue weighted by molar-refractivity contribution is 5.59. The average Bonchev–Trinajstić information content (AvgIpc) is 2.74. The Kier molecular flexibility index (Phi) is 2.07. The van der Waals surface area contributed by atoms with E-state index in [1.807, 2.05) is 65.3 Å². The lowest BCUT2D eigenvalue weighted by molar-refractivity contribution is 1.15. The van der Waals surface area contributed by atoms with E-state index in [0.29, 0.717) is 0 Å². The quantitative estimate of drug-likeness (QED) is 0.702. The lowest BCUT2D eigenvalue weighted by Crippen LogP contribution is -1.95. The highest BCUT2D eigenvalue weighted by Gasteiger charge is 2.01. The predicted molar refractivity (Wildman–Crippen MR) is 64.9 cm³/mol. The van der Waals surface area contributed by atoms with Gasteiger partial charge in [-0.2, -0.15) is 0 Å². The van der Waals surface area contributed by atoms with Gasteiger partial charge in [-0.3, -0.25) is 4.40 Å². The molecule has 3 rings (SSSR count). The molecule has 0 aliphatic rings. The summed E-state index contributed by atoms with van der Waals surface area (Å²) in [6, 6.07) is 16.1. The van der Waals surface area contributed by atoms with Gasteiger partial charge in [0, 0.05) is 11.9 Å². The third-order valence-corrected chi connectivity index (χ3v) is 2.47. The molecule has 0 fully saturated rings. The third-order valence-electron chi connectivity index (χ3n) is 2.47. The first kappa shape index (κ1) is 8.97. The molecule has 0 radical (unpaired) electrons. The van der Waals surface area contributed by atoms with Gasteiger partial charge in [-0.1, -0.05) is 24.3 Å². The van der Waals surface area contributed by atoms with E-state index >= 15 is 0 Å². The summed E-state index contributed by atoms with van der Waals surface area (Å²) in [7, 11) is 0. The molecule has 0 spiro atoms. The van der Waals surface area contributed by atoms with Crippen molar-refractivity contribution in [2.75, 3.05) is 5.32 Å². The number of hydrogen-bond acceptors (Lipinski definition) is 2. The van der Waals surface area contributed by atoms with Crippen molar-refractivity contribution < 1.29 is 0 Å². The molecule has 16 heavy (non-hydrogen) atoms. The van der Waals surface area contributed by atoms with Crippen molar-refractivity contribution in [3.05, 3.63) is 60.9 Å². The number of imidazole rings is 1. The molecule has 78 valence electrons. The molecule has 3 nitrogen and oxygen atoms in total. The number of fused-ring (bicyclic) bond motifs is 1. The maximum absolute atomic E-state index is 4.34. The largest absolute Gasteiger partial charge is 0.325 e. The molecule has 0 aliphatic heterocycles. The van der Waals surface area contributed by atoms with Crippen LogP contribution in [0.2, 0.25) is 0 Å². The van der Waals surface area contributed by atoms with Gasteiger partial charge in [0.2, 0.25) is 5.95 Å². The van der Waals surface area contributed by atoms with Crippen molar-refractivity contribution in [2.24, 2.45) is 0 Å². The van der Waals surface area contributed by atoms with Gasteiger partial charge in [0.1, 0.15) is 0 Å². The lowest BCUT2D eigenvalue weighted by Gasteiger charge is -2.04. The van der Waals surface area contributed by atoms with Crippen LogP contribution in [0.3, 0.4) is 0 Å². The highest BCUT2D eigenvalue weighted by Crippen LogP contribution is 2.16. The number of para-hydroxylation sites is 1. The van der Waals surface area contributed by atoms with Crippen LogP contribution in [0.25, 0.3) is 5.52 Å². The van der Waals surface area contributed by atoms with Crippen LogP contribution in [0.15, 0.2) is 60.9 Å². The van der Waals surface area contributed by atoms with Crippen molar-refractivity contribution >= 4 is 17.2 Å². The Morgan fingerprint density at radius 3 is 2.62 bits per heavy atom. The zero-order valence-corrected chi connectivity index (χ0v) is 8.67. The maximum atomic E-state index is 4.34.